The van der Waals surface area contributed by atoms with Crippen LogP contribution in [0.2, 0.25) is 5.02 Å². The number of nitrogens with two attached hydrogens (primary N) is 1. The normalized spacial score (nSPS) is 10.7. The van der Waals surface area contributed by atoms with Crippen molar-refractivity contribution in [3.8, 4) is 22.7 Å². The average molecular weight is 315 g/mol. The number of aromatic nitrogens is 3. The molecule has 3 aromatic rings. The first kappa shape index (κ1) is 14.6. The van der Waals surface area contributed by atoms with Gasteiger partial charge in [-0.2, -0.15) is 0 Å². The van der Waals surface area contributed by atoms with E-state index in [0.29, 0.717) is 17.3 Å². The van der Waals surface area contributed by atoms with E-state index in [9.17, 15) is 0 Å². The number of ether oxygens (including phenoxy) is 1. The van der Waals surface area contributed by atoms with Crippen LogP contribution in [-0.2, 0) is 6.54 Å². The van der Waals surface area contributed by atoms with E-state index in [1.165, 1.54) is 0 Å². The highest BCUT2D eigenvalue weighted by molar-refractivity contribution is 6.32. The standard InChI is InChI=1S/C16H15ClN4O/c1-22-15-8-7-12(9-13(15)17)21-16(14(10-18)19-20-21)11-5-3-2-4-6-11/h2-9H,10,18H2,1H3. The molecule has 0 aliphatic carbocycles. The van der Waals surface area contributed by atoms with Gasteiger partial charge in [-0.1, -0.05) is 47.1 Å². The van der Waals surface area contributed by atoms with Crippen LogP contribution in [0.15, 0.2) is 48.5 Å². The molecule has 22 heavy (non-hydrogen) atoms. The lowest BCUT2D eigenvalue weighted by Gasteiger charge is -2.10. The molecule has 0 aliphatic rings. The summed E-state index contributed by atoms with van der Waals surface area (Å²) in [5, 5.41) is 8.91. The number of halogens is 1. The Morgan fingerprint density at radius 1 is 1.18 bits per heavy atom. The third-order valence-electron chi connectivity index (χ3n) is 3.36. The van der Waals surface area contributed by atoms with Crippen molar-refractivity contribution in [3.05, 3.63) is 59.2 Å². The lowest BCUT2D eigenvalue weighted by Crippen LogP contribution is -2.02. The molecule has 1 aromatic heterocycles. The second-order valence-electron chi connectivity index (χ2n) is 4.69. The molecule has 0 spiro atoms. The summed E-state index contributed by atoms with van der Waals surface area (Å²) < 4.78 is 6.92. The van der Waals surface area contributed by atoms with Gasteiger partial charge in [0, 0.05) is 12.1 Å². The van der Waals surface area contributed by atoms with Crippen molar-refractivity contribution >= 4 is 11.6 Å². The highest BCUT2D eigenvalue weighted by Crippen LogP contribution is 2.30. The third kappa shape index (κ3) is 2.56. The van der Waals surface area contributed by atoms with Gasteiger partial charge in [-0.25, -0.2) is 4.68 Å². The minimum Gasteiger partial charge on any atom is -0.495 e. The molecule has 0 saturated carbocycles. The van der Waals surface area contributed by atoms with Gasteiger partial charge < -0.3 is 10.5 Å². The van der Waals surface area contributed by atoms with Crippen molar-refractivity contribution in [2.45, 2.75) is 6.54 Å². The molecular formula is C16H15ClN4O. The van der Waals surface area contributed by atoms with Crippen LogP contribution < -0.4 is 10.5 Å². The fraction of sp³-hybridized carbons (Fsp3) is 0.125. The molecule has 0 amide bonds. The van der Waals surface area contributed by atoms with Crippen molar-refractivity contribution in [3.63, 3.8) is 0 Å². The zero-order chi connectivity index (χ0) is 15.5. The molecule has 3 rings (SSSR count). The van der Waals surface area contributed by atoms with Crippen molar-refractivity contribution < 1.29 is 4.74 Å². The van der Waals surface area contributed by atoms with Crippen molar-refractivity contribution in [1.29, 1.82) is 0 Å². The van der Waals surface area contributed by atoms with Gasteiger partial charge in [0.2, 0.25) is 0 Å². The van der Waals surface area contributed by atoms with Crippen molar-refractivity contribution in [2.75, 3.05) is 7.11 Å². The highest BCUT2D eigenvalue weighted by Gasteiger charge is 2.16. The topological polar surface area (TPSA) is 66.0 Å². The van der Waals surface area contributed by atoms with Gasteiger partial charge in [0.25, 0.3) is 0 Å². The van der Waals surface area contributed by atoms with Crippen LogP contribution in [0.1, 0.15) is 5.69 Å². The van der Waals surface area contributed by atoms with E-state index in [1.807, 2.05) is 36.4 Å². The first-order valence-electron chi connectivity index (χ1n) is 6.78. The summed E-state index contributed by atoms with van der Waals surface area (Å²) in [4.78, 5) is 0. The van der Waals surface area contributed by atoms with E-state index >= 15 is 0 Å². The van der Waals surface area contributed by atoms with E-state index < -0.39 is 0 Å². The van der Waals surface area contributed by atoms with Gasteiger partial charge in [-0.3, -0.25) is 0 Å². The van der Waals surface area contributed by atoms with E-state index in [0.717, 1.165) is 22.6 Å². The molecule has 2 aromatic carbocycles. The maximum atomic E-state index is 6.21. The monoisotopic (exact) mass is 314 g/mol. The Bertz CT molecular complexity index is 786. The molecule has 0 unspecified atom stereocenters. The summed E-state index contributed by atoms with van der Waals surface area (Å²) in [6.45, 7) is 0.314. The van der Waals surface area contributed by atoms with Crippen LogP contribution in [0.4, 0.5) is 0 Å². The number of nitrogens with zero attached hydrogens (tertiary/aromatic N) is 3. The summed E-state index contributed by atoms with van der Waals surface area (Å²) in [5.74, 6) is 0.617. The van der Waals surface area contributed by atoms with Gasteiger partial charge in [-0.15, -0.1) is 5.10 Å². The summed E-state index contributed by atoms with van der Waals surface area (Å²) >= 11 is 6.21. The zero-order valence-corrected chi connectivity index (χ0v) is 12.8. The molecule has 0 bridgehead atoms. The summed E-state index contributed by atoms with van der Waals surface area (Å²) in [7, 11) is 1.58. The molecule has 0 fully saturated rings. The van der Waals surface area contributed by atoms with E-state index in [2.05, 4.69) is 10.3 Å². The number of methoxy groups -OCH3 is 1. The van der Waals surface area contributed by atoms with Crippen LogP contribution in [0.25, 0.3) is 16.9 Å². The van der Waals surface area contributed by atoms with E-state index in [-0.39, 0.29) is 0 Å². The van der Waals surface area contributed by atoms with Crippen molar-refractivity contribution in [2.24, 2.45) is 5.73 Å². The molecule has 1 heterocycles. The first-order valence-corrected chi connectivity index (χ1v) is 7.16. The summed E-state index contributed by atoms with van der Waals surface area (Å²) in [6.07, 6.45) is 0. The second-order valence-corrected chi connectivity index (χ2v) is 5.09. The lowest BCUT2D eigenvalue weighted by molar-refractivity contribution is 0.415. The number of benzene rings is 2. The van der Waals surface area contributed by atoms with E-state index in [1.54, 1.807) is 23.9 Å². The average Bonchev–Trinajstić information content (AvgIpc) is 2.99. The predicted molar refractivity (Wildman–Crippen MR) is 86.2 cm³/mol. The zero-order valence-electron chi connectivity index (χ0n) is 12.0. The second kappa shape index (κ2) is 6.17. The van der Waals surface area contributed by atoms with Crippen LogP contribution in [0, 0.1) is 0 Å². The van der Waals surface area contributed by atoms with Gasteiger partial charge in [0.15, 0.2) is 0 Å². The molecular weight excluding hydrogens is 300 g/mol. The Labute approximate surface area is 133 Å². The molecule has 6 heteroatoms. The number of rotatable bonds is 4. The largest absolute Gasteiger partial charge is 0.495 e. The molecule has 0 atom stereocenters. The maximum Gasteiger partial charge on any atom is 0.137 e. The molecule has 112 valence electrons. The molecule has 5 nitrogen and oxygen atoms in total. The Kier molecular flexibility index (Phi) is 4.09. The number of hydrogen-bond acceptors (Lipinski definition) is 4. The van der Waals surface area contributed by atoms with Crippen LogP contribution in [0.3, 0.4) is 0 Å². The molecule has 0 aliphatic heterocycles. The Morgan fingerprint density at radius 3 is 2.59 bits per heavy atom. The predicted octanol–water partition coefficient (Wildman–Crippen LogP) is 3.06. The SMILES string of the molecule is COc1ccc(-n2nnc(CN)c2-c2ccccc2)cc1Cl. The molecule has 0 saturated heterocycles. The fourth-order valence-electron chi connectivity index (χ4n) is 2.30. The van der Waals surface area contributed by atoms with Crippen LogP contribution in [0.5, 0.6) is 5.75 Å². The summed E-state index contributed by atoms with van der Waals surface area (Å²) in [6, 6.07) is 15.4. The van der Waals surface area contributed by atoms with Crippen LogP contribution >= 0.6 is 11.6 Å². The quantitative estimate of drug-likeness (QED) is 0.803. The van der Waals surface area contributed by atoms with Gasteiger partial charge >= 0.3 is 0 Å². The fourth-order valence-corrected chi connectivity index (χ4v) is 2.56. The minimum absolute atomic E-state index is 0.314. The Morgan fingerprint density at radius 2 is 1.95 bits per heavy atom. The minimum atomic E-state index is 0.314. The van der Waals surface area contributed by atoms with Crippen LogP contribution in [-0.4, -0.2) is 22.1 Å². The Balaban J connectivity index is 2.16. The summed E-state index contributed by atoms with van der Waals surface area (Å²) in [5.41, 5.74) is 9.20. The maximum absolute atomic E-state index is 6.21. The van der Waals surface area contributed by atoms with Gasteiger partial charge in [0.1, 0.15) is 11.4 Å². The van der Waals surface area contributed by atoms with Gasteiger partial charge in [0.05, 0.1) is 23.5 Å². The third-order valence-corrected chi connectivity index (χ3v) is 3.66. The smallest absolute Gasteiger partial charge is 0.137 e. The molecule has 0 radical (unpaired) electrons. The van der Waals surface area contributed by atoms with E-state index in [4.69, 9.17) is 22.1 Å². The number of hydrogen-bond donors (Lipinski definition) is 1. The Hall–Kier alpha value is -2.37. The van der Waals surface area contributed by atoms with Gasteiger partial charge in [-0.05, 0) is 18.2 Å². The lowest BCUT2D eigenvalue weighted by atomic mass is 10.1. The first-order chi connectivity index (χ1) is 10.7. The van der Waals surface area contributed by atoms with Crippen molar-refractivity contribution in [1.82, 2.24) is 15.0 Å². The molecule has 2 N–H and O–H groups in total. The highest BCUT2D eigenvalue weighted by atomic mass is 35.5.